The molecule has 2 amide bonds. The number of thiophene rings is 1. The van der Waals surface area contributed by atoms with Gasteiger partial charge in [-0.15, -0.1) is 11.3 Å². The molecule has 2 aliphatic heterocycles. The van der Waals surface area contributed by atoms with E-state index in [1.54, 1.807) is 22.4 Å². The Bertz CT molecular complexity index is 1010. The van der Waals surface area contributed by atoms with Gasteiger partial charge in [-0.1, -0.05) is 36.4 Å². The second-order valence-electron chi connectivity index (χ2n) is 8.05. The van der Waals surface area contributed by atoms with Gasteiger partial charge in [0.1, 0.15) is 4.21 Å². The number of rotatable bonds is 7. The van der Waals surface area contributed by atoms with Crippen molar-refractivity contribution in [3.05, 3.63) is 53.4 Å². The number of hydrogen-bond donors (Lipinski definition) is 1. The van der Waals surface area contributed by atoms with Crippen molar-refractivity contribution in [2.45, 2.75) is 35.9 Å². The monoisotopic (exact) mass is 461 g/mol. The van der Waals surface area contributed by atoms with Gasteiger partial charge in [-0.2, -0.15) is 4.31 Å². The van der Waals surface area contributed by atoms with Crippen molar-refractivity contribution in [1.82, 2.24) is 14.5 Å². The number of hydrogen-bond acceptors (Lipinski definition) is 5. The average molecular weight is 462 g/mol. The van der Waals surface area contributed by atoms with E-state index in [4.69, 9.17) is 0 Å². The first-order valence-electron chi connectivity index (χ1n) is 10.6. The fourth-order valence-corrected chi connectivity index (χ4v) is 6.91. The van der Waals surface area contributed by atoms with Crippen LogP contribution in [0.1, 0.15) is 37.3 Å². The molecule has 2 aliphatic rings. The van der Waals surface area contributed by atoms with Crippen LogP contribution in [0.25, 0.3) is 0 Å². The highest BCUT2D eigenvalue weighted by atomic mass is 32.2. The van der Waals surface area contributed by atoms with Crippen LogP contribution in [-0.4, -0.2) is 55.6 Å². The third-order valence-corrected chi connectivity index (χ3v) is 9.18. The first-order chi connectivity index (χ1) is 14.9. The number of benzene rings is 1. The Balaban J connectivity index is 1.47. The second-order valence-corrected chi connectivity index (χ2v) is 11.2. The molecule has 0 bridgehead atoms. The van der Waals surface area contributed by atoms with Crippen LogP contribution in [0.3, 0.4) is 0 Å². The van der Waals surface area contributed by atoms with E-state index in [1.165, 1.54) is 15.6 Å². The van der Waals surface area contributed by atoms with Crippen LogP contribution in [0, 0.1) is 5.92 Å². The zero-order valence-electron chi connectivity index (χ0n) is 17.3. The van der Waals surface area contributed by atoms with E-state index < -0.39 is 15.9 Å². The molecular formula is C22H27N3O4S2. The highest BCUT2D eigenvalue weighted by Gasteiger charge is 2.35. The van der Waals surface area contributed by atoms with Crippen LogP contribution in [0.5, 0.6) is 0 Å². The minimum absolute atomic E-state index is 0.112. The third-order valence-electron chi connectivity index (χ3n) is 5.94. The summed E-state index contributed by atoms with van der Waals surface area (Å²) in [6.45, 7) is 1.73. The summed E-state index contributed by atoms with van der Waals surface area (Å²) in [5.41, 5.74) is 0.939. The summed E-state index contributed by atoms with van der Waals surface area (Å²) in [5.74, 6) is -0.461. The van der Waals surface area contributed by atoms with Crippen LogP contribution in [0.4, 0.5) is 0 Å². The highest BCUT2D eigenvalue weighted by molar-refractivity contribution is 7.91. The normalized spacial score (nSPS) is 21.2. The minimum atomic E-state index is -3.57. The van der Waals surface area contributed by atoms with E-state index in [2.05, 4.69) is 5.32 Å². The maximum Gasteiger partial charge on any atom is 0.252 e. The standard InChI is InChI=1S/C22H27N3O4S2/c26-20-10-5-12-24(20)16-19(17-7-2-1-3-8-17)23-22(27)18-9-4-13-25(15-18)31(28,29)21-11-6-14-30-21/h1-3,6-8,11,14,18-19H,4-5,9-10,12-13,15-16H2,(H,23,27). The fraction of sp³-hybridized carbons (Fsp3) is 0.455. The Morgan fingerprint density at radius 1 is 1.13 bits per heavy atom. The first-order valence-corrected chi connectivity index (χ1v) is 12.9. The Hall–Kier alpha value is -2.23. The van der Waals surface area contributed by atoms with E-state index in [0.717, 1.165) is 12.0 Å². The molecule has 2 unspecified atom stereocenters. The molecule has 2 fully saturated rings. The van der Waals surface area contributed by atoms with E-state index in [0.29, 0.717) is 43.1 Å². The summed E-state index contributed by atoms with van der Waals surface area (Å²) in [4.78, 5) is 27.1. The van der Waals surface area contributed by atoms with Gasteiger partial charge in [0.25, 0.3) is 10.0 Å². The van der Waals surface area contributed by atoms with Gasteiger partial charge in [0, 0.05) is 32.6 Å². The van der Waals surface area contributed by atoms with Crippen molar-refractivity contribution < 1.29 is 18.0 Å². The average Bonchev–Trinajstić information content (AvgIpc) is 3.47. The number of likely N-dealkylation sites (tertiary alicyclic amines) is 1. The molecule has 1 aromatic heterocycles. The molecule has 3 heterocycles. The van der Waals surface area contributed by atoms with E-state index in [1.807, 2.05) is 30.3 Å². The van der Waals surface area contributed by atoms with Gasteiger partial charge in [-0.3, -0.25) is 9.59 Å². The largest absolute Gasteiger partial charge is 0.347 e. The SMILES string of the molecule is O=C(NC(CN1CCCC1=O)c1ccccc1)C1CCCN(S(=O)(=O)c2cccs2)C1. The maximum atomic E-state index is 13.2. The molecule has 9 heteroatoms. The Morgan fingerprint density at radius 3 is 2.61 bits per heavy atom. The molecule has 31 heavy (non-hydrogen) atoms. The lowest BCUT2D eigenvalue weighted by Gasteiger charge is -2.32. The van der Waals surface area contributed by atoms with Crippen molar-refractivity contribution in [2.24, 2.45) is 5.92 Å². The molecule has 166 valence electrons. The molecule has 2 aromatic rings. The zero-order valence-corrected chi connectivity index (χ0v) is 18.9. The van der Waals surface area contributed by atoms with Crippen LogP contribution in [0.15, 0.2) is 52.1 Å². The zero-order chi connectivity index (χ0) is 21.8. The molecule has 1 aromatic carbocycles. The lowest BCUT2D eigenvalue weighted by atomic mass is 9.97. The molecule has 2 saturated heterocycles. The number of piperidine rings is 1. The lowest BCUT2D eigenvalue weighted by Crippen LogP contribution is -2.47. The van der Waals surface area contributed by atoms with Crippen LogP contribution in [-0.2, 0) is 19.6 Å². The van der Waals surface area contributed by atoms with Gasteiger partial charge in [-0.05, 0) is 36.3 Å². The van der Waals surface area contributed by atoms with Crippen molar-refractivity contribution in [3.63, 3.8) is 0 Å². The van der Waals surface area contributed by atoms with Crippen LogP contribution in [0.2, 0.25) is 0 Å². The molecule has 0 spiro atoms. The Kier molecular flexibility index (Phi) is 6.74. The van der Waals surface area contributed by atoms with Crippen molar-refractivity contribution in [1.29, 1.82) is 0 Å². The molecule has 0 aliphatic carbocycles. The predicted octanol–water partition coefficient (Wildman–Crippen LogP) is 2.63. The highest BCUT2D eigenvalue weighted by Crippen LogP contribution is 2.27. The first kappa shape index (κ1) is 22.0. The van der Waals surface area contributed by atoms with E-state index >= 15 is 0 Å². The summed E-state index contributed by atoms with van der Waals surface area (Å²) in [6.07, 6.45) is 2.68. The Labute approximate surface area is 187 Å². The Morgan fingerprint density at radius 2 is 1.94 bits per heavy atom. The maximum absolute atomic E-state index is 13.2. The summed E-state index contributed by atoms with van der Waals surface area (Å²) >= 11 is 1.19. The van der Waals surface area contributed by atoms with E-state index in [-0.39, 0.29) is 24.4 Å². The summed E-state index contributed by atoms with van der Waals surface area (Å²) < 4.78 is 27.5. The molecule has 0 radical (unpaired) electrons. The van der Waals surface area contributed by atoms with Gasteiger partial charge in [-0.25, -0.2) is 8.42 Å². The number of nitrogens with one attached hydrogen (secondary N) is 1. The summed E-state index contributed by atoms with van der Waals surface area (Å²) in [7, 11) is -3.57. The number of amides is 2. The molecule has 1 N–H and O–H groups in total. The van der Waals surface area contributed by atoms with Gasteiger partial charge >= 0.3 is 0 Å². The van der Waals surface area contributed by atoms with Gasteiger partial charge in [0.05, 0.1) is 12.0 Å². The fourth-order valence-electron chi connectivity index (χ4n) is 4.24. The number of carbonyl (C=O) groups excluding carboxylic acids is 2. The smallest absolute Gasteiger partial charge is 0.252 e. The van der Waals surface area contributed by atoms with Crippen molar-refractivity contribution in [2.75, 3.05) is 26.2 Å². The molecule has 2 atom stereocenters. The molecule has 7 nitrogen and oxygen atoms in total. The predicted molar refractivity (Wildman–Crippen MR) is 119 cm³/mol. The lowest BCUT2D eigenvalue weighted by molar-refractivity contribution is -0.130. The third kappa shape index (κ3) is 4.99. The van der Waals surface area contributed by atoms with E-state index in [9.17, 15) is 18.0 Å². The van der Waals surface area contributed by atoms with Gasteiger partial charge in [0.15, 0.2) is 0 Å². The van der Waals surface area contributed by atoms with Crippen LogP contribution >= 0.6 is 11.3 Å². The summed E-state index contributed by atoms with van der Waals surface area (Å²) in [6, 6.07) is 12.6. The van der Waals surface area contributed by atoms with Crippen LogP contribution < -0.4 is 5.32 Å². The minimum Gasteiger partial charge on any atom is -0.347 e. The van der Waals surface area contributed by atoms with Gasteiger partial charge in [0.2, 0.25) is 11.8 Å². The quantitative estimate of drug-likeness (QED) is 0.687. The number of nitrogens with zero attached hydrogens (tertiary/aromatic N) is 2. The van der Waals surface area contributed by atoms with Gasteiger partial charge < -0.3 is 10.2 Å². The molecular weight excluding hydrogens is 434 g/mol. The number of sulfonamides is 1. The topological polar surface area (TPSA) is 86.8 Å². The van der Waals surface area contributed by atoms with Crippen molar-refractivity contribution >= 4 is 33.2 Å². The number of carbonyl (C=O) groups is 2. The molecule has 4 rings (SSSR count). The second kappa shape index (κ2) is 9.50. The molecule has 0 saturated carbocycles. The summed E-state index contributed by atoms with van der Waals surface area (Å²) in [5, 5.41) is 4.85. The van der Waals surface area contributed by atoms with Crippen molar-refractivity contribution in [3.8, 4) is 0 Å².